The number of amides is 1. The van der Waals surface area contributed by atoms with Gasteiger partial charge < -0.3 is 4.90 Å². The highest BCUT2D eigenvalue weighted by molar-refractivity contribution is 7.89. The predicted molar refractivity (Wildman–Crippen MR) is 123 cm³/mol. The van der Waals surface area contributed by atoms with Gasteiger partial charge in [-0.1, -0.05) is 30.3 Å². The summed E-state index contributed by atoms with van der Waals surface area (Å²) < 4.78 is 28.4. The van der Waals surface area contributed by atoms with Gasteiger partial charge in [-0.25, -0.2) is 18.1 Å². The van der Waals surface area contributed by atoms with Crippen LogP contribution in [0.25, 0.3) is 0 Å². The lowest BCUT2D eigenvalue weighted by molar-refractivity contribution is 0.102. The smallest absolute Gasteiger partial charge is 0.259 e. The van der Waals surface area contributed by atoms with Crippen molar-refractivity contribution >= 4 is 38.1 Å². The number of benzene rings is 2. The molecule has 7 nitrogen and oxygen atoms in total. The van der Waals surface area contributed by atoms with E-state index in [0.717, 1.165) is 42.1 Å². The van der Waals surface area contributed by atoms with Crippen LogP contribution in [0.15, 0.2) is 59.6 Å². The van der Waals surface area contributed by atoms with E-state index in [9.17, 15) is 13.2 Å². The van der Waals surface area contributed by atoms with Crippen LogP contribution < -0.4 is 14.9 Å². The molecule has 9 heteroatoms. The quantitative estimate of drug-likeness (QED) is 0.565. The standard InChI is InChI=1S/C22H24N4O3S2/c1-16-14-23-22(30-16)25-21(27)19-13-18(9-10-20(19)26-11-5-6-12-26)31(28,29)24-15-17-7-3-2-4-8-17/h2-4,7-10,13-14,24H,5-6,11-12,15H2,1H3,(H,23,25,27). The first-order chi connectivity index (χ1) is 14.9. The number of nitrogens with one attached hydrogen (secondary N) is 2. The first kappa shape index (κ1) is 21.5. The van der Waals surface area contributed by atoms with E-state index in [2.05, 4.69) is 19.9 Å². The topological polar surface area (TPSA) is 91.4 Å². The summed E-state index contributed by atoms with van der Waals surface area (Å²) >= 11 is 1.38. The Balaban J connectivity index is 1.62. The highest BCUT2D eigenvalue weighted by atomic mass is 32.2. The number of carbonyl (C=O) groups excluding carboxylic acids is 1. The number of thiazole rings is 1. The van der Waals surface area contributed by atoms with Crippen LogP contribution in [0.4, 0.5) is 10.8 Å². The second-order valence-corrected chi connectivity index (χ2v) is 10.4. The van der Waals surface area contributed by atoms with Gasteiger partial charge in [0.05, 0.1) is 10.5 Å². The van der Waals surface area contributed by atoms with Gasteiger partial charge in [-0.2, -0.15) is 0 Å². The molecule has 2 N–H and O–H groups in total. The fourth-order valence-electron chi connectivity index (χ4n) is 3.53. The normalized spacial score (nSPS) is 14.0. The molecule has 1 aromatic heterocycles. The Morgan fingerprint density at radius 3 is 2.55 bits per heavy atom. The van der Waals surface area contributed by atoms with Crippen LogP contribution >= 0.6 is 11.3 Å². The Bertz CT molecular complexity index is 1170. The van der Waals surface area contributed by atoms with Crippen LogP contribution in [-0.2, 0) is 16.6 Å². The molecule has 31 heavy (non-hydrogen) atoms. The Morgan fingerprint density at radius 2 is 1.87 bits per heavy atom. The second kappa shape index (κ2) is 9.17. The summed E-state index contributed by atoms with van der Waals surface area (Å²) in [7, 11) is -3.79. The van der Waals surface area contributed by atoms with E-state index in [1.807, 2.05) is 37.3 Å². The van der Waals surface area contributed by atoms with Gasteiger partial charge in [-0.3, -0.25) is 10.1 Å². The van der Waals surface area contributed by atoms with Crippen LogP contribution in [0.3, 0.4) is 0 Å². The number of rotatable bonds is 7. The Labute approximate surface area is 186 Å². The number of nitrogens with zero attached hydrogens (tertiary/aromatic N) is 2. The van der Waals surface area contributed by atoms with Crippen LogP contribution in [0.2, 0.25) is 0 Å². The van der Waals surface area contributed by atoms with Crippen molar-refractivity contribution in [2.75, 3.05) is 23.3 Å². The molecule has 4 rings (SSSR count). The van der Waals surface area contributed by atoms with E-state index in [-0.39, 0.29) is 17.3 Å². The number of hydrogen-bond donors (Lipinski definition) is 2. The minimum absolute atomic E-state index is 0.0619. The zero-order chi connectivity index (χ0) is 21.8. The summed E-state index contributed by atoms with van der Waals surface area (Å²) in [5, 5.41) is 3.30. The molecule has 1 fully saturated rings. The van der Waals surface area contributed by atoms with Gasteiger partial charge >= 0.3 is 0 Å². The maximum Gasteiger partial charge on any atom is 0.259 e. The molecule has 1 aliphatic rings. The van der Waals surface area contributed by atoms with Crippen LogP contribution in [0.1, 0.15) is 33.6 Å². The number of aromatic nitrogens is 1. The first-order valence-corrected chi connectivity index (χ1v) is 12.4. The van der Waals surface area contributed by atoms with E-state index in [1.54, 1.807) is 18.3 Å². The van der Waals surface area contributed by atoms with E-state index in [4.69, 9.17) is 0 Å². The van der Waals surface area contributed by atoms with Crippen molar-refractivity contribution in [1.82, 2.24) is 9.71 Å². The summed E-state index contributed by atoms with van der Waals surface area (Å²) in [5.41, 5.74) is 1.93. The zero-order valence-corrected chi connectivity index (χ0v) is 18.8. The van der Waals surface area contributed by atoms with E-state index in [0.29, 0.717) is 10.7 Å². The molecule has 3 aromatic rings. The van der Waals surface area contributed by atoms with Gasteiger partial charge in [0, 0.05) is 36.4 Å². The summed E-state index contributed by atoms with van der Waals surface area (Å²) in [4.78, 5) is 20.4. The van der Waals surface area contributed by atoms with Crippen molar-refractivity contribution in [3.8, 4) is 0 Å². The number of sulfonamides is 1. The Kier molecular flexibility index (Phi) is 6.35. The van der Waals surface area contributed by atoms with Crippen molar-refractivity contribution in [3.63, 3.8) is 0 Å². The highest BCUT2D eigenvalue weighted by Gasteiger charge is 2.24. The first-order valence-electron chi connectivity index (χ1n) is 10.1. The molecular weight excluding hydrogens is 432 g/mol. The molecule has 162 valence electrons. The lowest BCUT2D eigenvalue weighted by Gasteiger charge is -2.21. The minimum atomic E-state index is -3.79. The fourth-order valence-corrected chi connectivity index (χ4v) is 5.24. The molecule has 1 amide bonds. The summed E-state index contributed by atoms with van der Waals surface area (Å²) in [6.07, 6.45) is 3.78. The van der Waals surface area contributed by atoms with Gasteiger partial charge in [0.2, 0.25) is 10.0 Å². The fraction of sp³-hybridized carbons (Fsp3) is 0.273. The van der Waals surface area contributed by atoms with Gasteiger partial charge in [0.15, 0.2) is 5.13 Å². The molecule has 0 bridgehead atoms. The number of aryl methyl sites for hydroxylation is 1. The average Bonchev–Trinajstić information content (AvgIpc) is 3.45. The van der Waals surface area contributed by atoms with Crippen molar-refractivity contribution in [1.29, 1.82) is 0 Å². The van der Waals surface area contributed by atoms with Gasteiger partial charge in [0.25, 0.3) is 5.91 Å². The molecule has 0 radical (unpaired) electrons. The molecule has 0 unspecified atom stereocenters. The third-order valence-corrected chi connectivity index (χ3v) is 7.35. The molecule has 0 spiro atoms. The van der Waals surface area contributed by atoms with E-state index < -0.39 is 10.0 Å². The highest BCUT2D eigenvalue weighted by Crippen LogP contribution is 2.29. The predicted octanol–water partition coefficient (Wildman–Crippen LogP) is 3.78. The summed E-state index contributed by atoms with van der Waals surface area (Å²) in [6, 6.07) is 14.0. The molecule has 1 aliphatic heterocycles. The van der Waals surface area contributed by atoms with Crippen molar-refractivity contribution in [3.05, 3.63) is 70.7 Å². The number of carbonyl (C=O) groups is 1. The SMILES string of the molecule is Cc1cnc(NC(=O)c2cc(S(=O)(=O)NCc3ccccc3)ccc2N2CCCC2)s1. The molecule has 0 atom stereocenters. The molecule has 0 saturated carbocycles. The summed E-state index contributed by atoms with van der Waals surface area (Å²) in [6.45, 7) is 3.77. The maximum atomic E-state index is 13.1. The minimum Gasteiger partial charge on any atom is -0.371 e. The van der Waals surface area contributed by atoms with Crippen molar-refractivity contribution in [2.24, 2.45) is 0 Å². The van der Waals surface area contributed by atoms with Gasteiger partial charge in [-0.05, 0) is 43.5 Å². The number of hydrogen-bond acceptors (Lipinski definition) is 6. The monoisotopic (exact) mass is 456 g/mol. The van der Waals surface area contributed by atoms with Crippen LogP contribution in [0.5, 0.6) is 0 Å². The maximum absolute atomic E-state index is 13.1. The Hall–Kier alpha value is -2.75. The second-order valence-electron chi connectivity index (χ2n) is 7.41. The average molecular weight is 457 g/mol. The Morgan fingerprint density at radius 1 is 1.13 bits per heavy atom. The van der Waals surface area contributed by atoms with Crippen LogP contribution in [0, 0.1) is 6.92 Å². The third kappa shape index (κ3) is 5.12. The number of anilines is 2. The molecule has 1 saturated heterocycles. The van der Waals surface area contributed by atoms with E-state index in [1.165, 1.54) is 17.4 Å². The van der Waals surface area contributed by atoms with Gasteiger partial charge in [-0.15, -0.1) is 11.3 Å². The molecule has 0 aliphatic carbocycles. The largest absolute Gasteiger partial charge is 0.371 e. The lowest BCUT2D eigenvalue weighted by Crippen LogP contribution is -2.26. The zero-order valence-electron chi connectivity index (χ0n) is 17.2. The third-order valence-electron chi connectivity index (χ3n) is 5.12. The molecule has 2 aromatic carbocycles. The van der Waals surface area contributed by atoms with Gasteiger partial charge in [0.1, 0.15) is 0 Å². The lowest BCUT2D eigenvalue weighted by atomic mass is 10.1. The molecular formula is C22H24N4O3S2. The summed E-state index contributed by atoms with van der Waals surface area (Å²) in [5.74, 6) is -0.364. The molecule has 2 heterocycles. The van der Waals surface area contributed by atoms with E-state index >= 15 is 0 Å². The van der Waals surface area contributed by atoms with Crippen LogP contribution in [-0.4, -0.2) is 32.4 Å². The van der Waals surface area contributed by atoms with Crippen molar-refractivity contribution < 1.29 is 13.2 Å². The van der Waals surface area contributed by atoms with Crippen molar-refractivity contribution in [2.45, 2.75) is 31.2 Å².